The standard InChI is InChI=1S/C11H17N3O5S/c1-8(2)13(6-7-15)20(18,19)10-5-3-4-9(12)11(10)14(16)17/h3-5,8,15H,6-7,12H2,1-2H3. The van der Waals surface area contributed by atoms with E-state index in [2.05, 4.69) is 0 Å². The van der Waals surface area contributed by atoms with E-state index in [1.165, 1.54) is 12.1 Å². The summed E-state index contributed by atoms with van der Waals surface area (Å²) in [7, 11) is -4.11. The van der Waals surface area contributed by atoms with E-state index >= 15 is 0 Å². The summed E-state index contributed by atoms with van der Waals surface area (Å²) in [6.45, 7) is 2.70. The number of nitrogen functional groups attached to an aromatic ring is 1. The predicted octanol–water partition coefficient (Wildman–Crippen LogP) is 0.568. The van der Waals surface area contributed by atoms with Gasteiger partial charge >= 0.3 is 5.69 Å². The molecule has 0 radical (unpaired) electrons. The Hall–Kier alpha value is -1.71. The van der Waals surface area contributed by atoms with Gasteiger partial charge in [0.2, 0.25) is 10.0 Å². The van der Waals surface area contributed by atoms with Crippen LogP contribution in [-0.4, -0.2) is 41.9 Å². The lowest BCUT2D eigenvalue weighted by Gasteiger charge is -2.25. The highest BCUT2D eigenvalue weighted by Gasteiger charge is 2.34. The highest BCUT2D eigenvalue weighted by atomic mass is 32.2. The second kappa shape index (κ2) is 6.16. The normalized spacial score (nSPS) is 12.1. The van der Waals surface area contributed by atoms with Crippen LogP contribution < -0.4 is 5.73 Å². The Balaban J connectivity index is 3.49. The maximum Gasteiger partial charge on any atom is 0.312 e. The fourth-order valence-electron chi connectivity index (χ4n) is 1.82. The van der Waals surface area contributed by atoms with Gasteiger partial charge in [0.15, 0.2) is 4.90 Å². The highest BCUT2D eigenvalue weighted by molar-refractivity contribution is 7.89. The van der Waals surface area contributed by atoms with Crippen LogP contribution in [0.5, 0.6) is 0 Å². The maximum atomic E-state index is 12.5. The molecule has 0 saturated carbocycles. The first-order valence-electron chi connectivity index (χ1n) is 5.89. The number of sulfonamides is 1. The van der Waals surface area contributed by atoms with Gasteiger partial charge in [-0.2, -0.15) is 4.31 Å². The second-order valence-electron chi connectivity index (χ2n) is 4.38. The van der Waals surface area contributed by atoms with Gasteiger partial charge in [-0.3, -0.25) is 10.1 Å². The fraction of sp³-hybridized carbons (Fsp3) is 0.455. The van der Waals surface area contributed by atoms with E-state index in [0.29, 0.717) is 0 Å². The van der Waals surface area contributed by atoms with Crippen LogP contribution in [0.2, 0.25) is 0 Å². The number of benzene rings is 1. The zero-order valence-electron chi connectivity index (χ0n) is 11.2. The van der Waals surface area contributed by atoms with Gasteiger partial charge in [-0.05, 0) is 26.0 Å². The smallest absolute Gasteiger partial charge is 0.312 e. The molecule has 0 bridgehead atoms. The predicted molar refractivity (Wildman–Crippen MR) is 73.6 cm³/mol. The number of hydrogen-bond donors (Lipinski definition) is 2. The molecular formula is C11H17N3O5S. The van der Waals surface area contributed by atoms with Crippen LogP contribution in [0.15, 0.2) is 23.1 Å². The van der Waals surface area contributed by atoms with Crippen molar-refractivity contribution in [2.75, 3.05) is 18.9 Å². The lowest BCUT2D eigenvalue weighted by atomic mass is 10.3. The van der Waals surface area contributed by atoms with Gasteiger partial charge in [0.05, 0.1) is 11.5 Å². The summed E-state index contributed by atoms with van der Waals surface area (Å²) in [6, 6.07) is 3.29. The molecule has 9 heteroatoms. The van der Waals surface area contributed by atoms with Crippen molar-refractivity contribution in [3.8, 4) is 0 Å². The third-order valence-electron chi connectivity index (χ3n) is 2.70. The number of anilines is 1. The van der Waals surface area contributed by atoms with E-state index in [4.69, 9.17) is 10.8 Å². The summed E-state index contributed by atoms with van der Waals surface area (Å²) in [4.78, 5) is 9.75. The third kappa shape index (κ3) is 3.06. The van der Waals surface area contributed by atoms with Crippen molar-refractivity contribution in [2.24, 2.45) is 0 Å². The molecule has 0 spiro atoms. The zero-order chi connectivity index (χ0) is 15.5. The van der Waals surface area contributed by atoms with Crippen LogP contribution in [0, 0.1) is 10.1 Å². The van der Waals surface area contributed by atoms with Crippen LogP contribution >= 0.6 is 0 Å². The monoisotopic (exact) mass is 303 g/mol. The Morgan fingerprint density at radius 2 is 2.05 bits per heavy atom. The van der Waals surface area contributed by atoms with Crippen molar-refractivity contribution < 1.29 is 18.4 Å². The Morgan fingerprint density at radius 3 is 2.50 bits per heavy atom. The summed E-state index contributed by atoms with van der Waals surface area (Å²) in [6.07, 6.45) is 0. The van der Waals surface area contributed by atoms with Gasteiger partial charge in [-0.25, -0.2) is 8.42 Å². The molecule has 0 fully saturated rings. The molecule has 0 atom stereocenters. The highest BCUT2D eigenvalue weighted by Crippen LogP contribution is 2.32. The van der Waals surface area contributed by atoms with Crippen molar-refractivity contribution >= 4 is 21.4 Å². The number of rotatable bonds is 6. The third-order valence-corrected chi connectivity index (χ3v) is 4.80. The van der Waals surface area contributed by atoms with Crippen LogP contribution in [0.25, 0.3) is 0 Å². The summed E-state index contributed by atoms with van der Waals surface area (Å²) in [5, 5.41) is 20.0. The van der Waals surface area contributed by atoms with E-state index in [1.54, 1.807) is 13.8 Å². The number of nitro benzene ring substituents is 1. The topological polar surface area (TPSA) is 127 Å². The van der Waals surface area contributed by atoms with Crippen LogP contribution in [0.1, 0.15) is 13.8 Å². The minimum absolute atomic E-state index is 0.147. The van der Waals surface area contributed by atoms with E-state index < -0.39 is 31.6 Å². The number of nitrogens with zero attached hydrogens (tertiary/aromatic N) is 2. The lowest BCUT2D eigenvalue weighted by Crippen LogP contribution is -2.39. The number of aliphatic hydroxyl groups excluding tert-OH is 1. The average Bonchev–Trinajstić information content (AvgIpc) is 2.34. The molecule has 3 N–H and O–H groups in total. The van der Waals surface area contributed by atoms with Gasteiger partial charge in [-0.15, -0.1) is 0 Å². The minimum Gasteiger partial charge on any atom is -0.395 e. The van der Waals surface area contributed by atoms with E-state index in [0.717, 1.165) is 10.4 Å². The molecule has 0 unspecified atom stereocenters. The van der Waals surface area contributed by atoms with Crippen molar-refractivity contribution in [1.82, 2.24) is 4.31 Å². The lowest BCUT2D eigenvalue weighted by molar-refractivity contribution is -0.386. The number of nitro groups is 1. The van der Waals surface area contributed by atoms with Gasteiger partial charge in [0.1, 0.15) is 5.69 Å². The fourth-order valence-corrected chi connectivity index (χ4v) is 3.64. The molecular weight excluding hydrogens is 286 g/mol. The minimum atomic E-state index is -4.11. The Morgan fingerprint density at radius 1 is 1.45 bits per heavy atom. The van der Waals surface area contributed by atoms with E-state index in [9.17, 15) is 18.5 Å². The Bertz CT molecular complexity index is 600. The average molecular weight is 303 g/mol. The number of aliphatic hydroxyl groups is 1. The molecule has 112 valence electrons. The summed E-state index contributed by atoms with van der Waals surface area (Å²) in [5.74, 6) is 0. The van der Waals surface area contributed by atoms with Crippen molar-refractivity contribution in [3.63, 3.8) is 0 Å². The maximum absolute atomic E-state index is 12.5. The molecule has 0 aromatic heterocycles. The first-order valence-corrected chi connectivity index (χ1v) is 7.33. The van der Waals surface area contributed by atoms with Crippen molar-refractivity contribution in [2.45, 2.75) is 24.8 Å². The van der Waals surface area contributed by atoms with Gasteiger partial charge in [0, 0.05) is 12.6 Å². The quantitative estimate of drug-likeness (QED) is 0.449. The molecule has 1 aromatic carbocycles. The first kappa shape index (κ1) is 16.3. The SMILES string of the molecule is CC(C)N(CCO)S(=O)(=O)c1cccc(N)c1[N+](=O)[O-]. The molecule has 0 amide bonds. The molecule has 8 nitrogen and oxygen atoms in total. The van der Waals surface area contributed by atoms with Gasteiger partial charge < -0.3 is 10.8 Å². The Kier molecular flexibility index (Phi) is 5.03. The summed E-state index contributed by atoms with van der Waals surface area (Å²) >= 11 is 0. The van der Waals surface area contributed by atoms with Crippen LogP contribution in [-0.2, 0) is 10.0 Å². The molecule has 0 aliphatic heterocycles. The molecule has 1 aromatic rings. The first-order chi connectivity index (χ1) is 9.23. The zero-order valence-corrected chi connectivity index (χ0v) is 12.0. The molecule has 20 heavy (non-hydrogen) atoms. The van der Waals surface area contributed by atoms with Gasteiger partial charge in [0.25, 0.3) is 0 Å². The summed E-state index contributed by atoms with van der Waals surface area (Å²) in [5.41, 5.74) is 4.63. The Labute approximate surface area is 117 Å². The van der Waals surface area contributed by atoms with E-state index in [-0.39, 0.29) is 18.8 Å². The van der Waals surface area contributed by atoms with E-state index in [1.807, 2.05) is 0 Å². The van der Waals surface area contributed by atoms with Gasteiger partial charge in [-0.1, -0.05) is 6.07 Å². The second-order valence-corrected chi connectivity index (χ2v) is 6.24. The van der Waals surface area contributed by atoms with Crippen molar-refractivity contribution in [3.05, 3.63) is 28.3 Å². The molecule has 0 saturated heterocycles. The number of hydrogen-bond acceptors (Lipinski definition) is 6. The molecule has 0 heterocycles. The number of para-hydroxylation sites is 1. The molecule has 0 aliphatic carbocycles. The van der Waals surface area contributed by atoms with Crippen LogP contribution in [0.4, 0.5) is 11.4 Å². The summed E-state index contributed by atoms with van der Waals surface area (Å²) < 4.78 is 26.0. The van der Waals surface area contributed by atoms with Crippen molar-refractivity contribution in [1.29, 1.82) is 0 Å². The molecule has 1 rings (SSSR count). The van der Waals surface area contributed by atoms with Crippen LogP contribution in [0.3, 0.4) is 0 Å². The molecule has 0 aliphatic rings. The number of nitrogens with two attached hydrogens (primary N) is 1. The largest absolute Gasteiger partial charge is 0.395 e.